The number of hydrogen-bond acceptors (Lipinski definition) is 6. The van der Waals surface area contributed by atoms with Gasteiger partial charge in [0.1, 0.15) is 26.3 Å². The average Bonchev–Trinajstić information content (AvgIpc) is 2.49. The number of likely N-dealkylation sites (N-methyl/N-ethyl adjacent to an activating group) is 4. The molecule has 0 N–H and O–H groups in total. The highest BCUT2D eigenvalue weighted by molar-refractivity contribution is 6.39. The minimum atomic E-state index is -1.17. The first-order chi connectivity index (χ1) is 11.7. The van der Waals surface area contributed by atoms with Gasteiger partial charge in [0.15, 0.2) is 0 Å². The summed E-state index contributed by atoms with van der Waals surface area (Å²) in [5.74, 6) is -2.35. The maximum absolute atomic E-state index is 12.0. The van der Waals surface area contributed by atoms with Gasteiger partial charge >= 0.3 is 24.0 Å². The number of nitrogens with zero attached hydrogens (tertiary/aromatic N) is 4. The first-order valence-electron chi connectivity index (χ1n) is 8.16. The molecular formula is C16H32N4O6+2. The van der Waals surface area contributed by atoms with E-state index in [0.717, 1.165) is 14.1 Å². The fourth-order valence-corrected chi connectivity index (χ4v) is 1.46. The molecule has 0 spiro atoms. The van der Waals surface area contributed by atoms with E-state index in [1.54, 1.807) is 0 Å². The second kappa shape index (κ2) is 9.48. The van der Waals surface area contributed by atoms with Crippen LogP contribution in [0.3, 0.4) is 0 Å². The quantitative estimate of drug-likeness (QED) is 0.462. The largest absolute Gasteiger partial charge is 0.443 e. The molecule has 0 bridgehead atoms. The molecule has 0 heterocycles. The van der Waals surface area contributed by atoms with Gasteiger partial charge in [0.05, 0.1) is 42.3 Å². The van der Waals surface area contributed by atoms with E-state index < -0.39 is 24.0 Å². The number of amides is 4. The predicted octanol–water partition coefficient (Wildman–Crippen LogP) is -0.411. The van der Waals surface area contributed by atoms with Crippen molar-refractivity contribution in [3.05, 3.63) is 0 Å². The Bertz CT molecular complexity index is 488. The fraction of sp³-hybridized carbons (Fsp3) is 0.750. The smallest absolute Gasteiger partial charge is 0.416 e. The lowest BCUT2D eigenvalue weighted by Gasteiger charge is -2.24. The highest BCUT2D eigenvalue weighted by Gasteiger charge is 2.31. The standard InChI is InChI=1S/C16H32N4O6/c1-17(15(23)25-11-9-19(3,4)5)13(21)14(22)18(2)16(24)26-12-10-20(6,7)8/h9-12H2,1-8H3/q+2. The fourth-order valence-electron chi connectivity index (χ4n) is 1.46. The molecule has 0 aromatic carbocycles. The third-order valence-corrected chi connectivity index (χ3v) is 3.32. The predicted molar refractivity (Wildman–Crippen MR) is 94.0 cm³/mol. The summed E-state index contributed by atoms with van der Waals surface area (Å²) in [6.45, 7) is 1.27. The molecule has 10 heteroatoms. The van der Waals surface area contributed by atoms with E-state index in [1.807, 2.05) is 42.3 Å². The second-order valence-corrected chi connectivity index (χ2v) is 7.98. The zero-order valence-corrected chi connectivity index (χ0v) is 17.1. The minimum Gasteiger partial charge on any atom is -0.443 e. The summed E-state index contributed by atoms with van der Waals surface area (Å²) in [4.78, 5) is 48.8. The summed E-state index contributed by atoms with van der Waals surface area (Å²) in [6, 6.07) is 0. The van der Waals surface area contributed by atoms with Gasteiger partial charge in [0.25, 0.3) is 0 Å². The minimum absolute atomic E-state index is 0.0943. The maximum atomic E-state index is 12.0. The Morgan fingerprint density at radius 3 is 1.15 bits per heavy atom. The van der Waals surface area contributed by atoms with Crippen LogP contribution < -0.4 is 0 Å². The molecule has 0 saturated heterocycles. The Kier molecular flexibility index (Phi) is 8.68. The molecule has 0 fully saturated rings. The summed E-state index contributed by atoms with van der Waals surface area (Å²) in [7, 11) is 13.8. The van der Waals surface area contributed by atoms with Crippen LogP contribution in [0.2, 0.25) is 0 Å². The second-order valence-electron chi connectivity index (χ2n) is 7.98. The van der Waals surface area contributed by atoms with Crippen LogP contribution in [0.15, 0.2) is 0 Å². The molecule has 0 aromatic rings. The SMILES string of the molecule is CN(C(=O)OCC[N+](C)(C)C)C(=O)C(=O)N(C)C(=O)OCC[N+](C)(C)C. The van der Waals surface area contributed by atoms with Crippen molar-refractivity contribution >= 4 is 24.0 Å². The van der Waals surface area contributed by atoms with E-state index in [2.05, 4.69) is 0 Å². The van der Waals surface area contributed by atoms with Crippen LogP contribution in [-0.2, 0) is 19.1 Å². The van der Waals surface area contributed by atoms with Crippen LogP contribution in [0.1, 0.15) is 0 Å². The monoisotopic (exact) mass is 376 g/mol. The molecule has 0 aliphatic rings. The Labute approximate surface area is 155 Å². The van der Waals surface area contributed by atoms with Gasteiger partial charge in [-0.15, -0.1) is 0 Å². The lowest BCUT2D eigenvalue weighted by molar-refractivity contribution is -0.870. The maximum Gasteiger partial charge on any atom is 0.416 e. The zero-order valence-electron chi connectivity index (χ0n) is 17.1. The van der Waals surface area contributed by atoms with Crippen LogP contribution in [0.25, 0.3) is 0 Å². The Morgan fingerprint density at radius 2 is 0.923 bits per heavy atom. The van der Waals surface area contributed by atoms with Gasteiger partial charge in [-0.3, -0.25) is 9.59 Å². The van der Waals surface area contributed by atoms with Gasteiger partial charge in [-0.2, -0.15) is 0 Å². The highest BCUT2D eigenvalue weighted by Crippen LogP contribution is 2.00. The van der Waals surface area contributed by atoms with E-state index in [1.165, 1.54) is 0 Å². The molecular weight excluding hydrogens is 344 g/mol. The molecule has 10 nitrogen and oxygen atoms in total. The number of ether oxygens (including phenoxy) is 2. The van der Waals surface area contributed by atoms with E-state index >= 15 is 0 Å². The van der Waals surface area contributed by atoms with Gasteiger partial charge < -0.3 is 18.4 Å². The van der Waals surface area contributed by atoms with Crippen LogP contribution in [0, 0.1) is 0 Å². The van der Waals surface area contributed by atoms with Crippen molar-refractivity contribution in [3.8, 4) is 0 Å². The molecule has 0 unspecified atom stereocenters. The van der Waals surface area contributed by atoms with Crippen molar-refractivity contribution in [2.45, 2.75) is 0 Å². The van der Waals surface area contributed by atoms with Crippen molar-refractivity contribution in [1.29, 1.82) is 0 Å². The van der Waals surface area contributed by atoms with Gasteiger partial charge in [-0.1, -0.05) is 0 Å². The van der Waals surface area contributed by atoms with Gasteiger partial charge in [-0.25, -0.2) is 19.4 Å². The van der Waals surface area contributed by atoms with Crippen molar-refractivity contribution in [2.24, 2.45) is 0 Å². The zero-order chi connectivity index (χ0) is 20.7. The lowest BCUT2D eigenvalue weighted by Crippen LogP contribution is -2.48. The van der Waals surface area contributed by atoms with Gasteiger partial charge in [0.2, 0.25) is 0 Å². The molecule has 0 radical (unpaired) electrons. The number of rotatable bonds is 6. The normalized spacial score (nSPS) is 11.5. The molecule has 4 amide bonds. The number of imide groups is 2. The van der Waals surface area contributed by atoms with Crippen LogP contribution in [0.4, 0.5) is 9.59 Å². The molecule has 0 aromatic heterocycles. The Balaban J connectivity index is 4.55. The van der Waals surface area contributed by atoms with E-state index in [0.29, 0.717) is 31.9 Å². The van der Waals surface area contributed by atoms with Crippen molar-refractivity contribution in [3.63, 3.8) is 0 Å². The molecule has 0 aliphatic heterocycles. The summed E-state index contributed by atoms with van der Waals surface area (Å²) in [5.41, 5.74) is 0. The average molecular weight is 376 g/mol. The van der Waals surface area contributed by atoms with Crippen molar-refractivity contribution in [1.82, 2.24) is 9.80 Å². The van der Waals surface area contributed by atoms with E-state index in [-0.39, 0.29) is 13.2 Å². The number of quaternary nitrogens is 2. The first kappa shape index (κ1) is 23.8. The third-order valence-electron chi connectivity index (χ3n) is 3.32. The van der Waals surface area contributed by atoms with E-state index in [9.17, 15) is 19.2 Å². The lowest BCUT2D eigenvalue weighted by atomic mass is 10.4. The Morgan fingerprint density at radius 1 is 0.654 bits per heavy atom. The summed E-state index contributed by atoms with van der Waals surface area (Å²) in [5, 5.41) is 0. The van der Waals surface area contributed by atoms with Crippen molar-refractivity contribution in [2.75, 3.05) is 82.7 Å². The van der Waals surface area contributed by atoms with Crippen LogP contribution in [-0.4, -0.2) is 125 Å². The molecule has 26 heavy (non-hydrogen) atoms. The topological polar surface area (TPSA) is 93.2 Å². The molecule has 0 aliphatic carbocycles. The number of carbonyl (C=O) groups excluding carboxylic acids is 4. The van der Waals surface area contributed by atoms with Crippen molar-refractivity contribution < 1.29 is 37.6 Å². The van der Waals surface area contributed by atoms with Gasteiger partial charge in [-0.05, 0) is 0 Å². The molecule has 0 saturated carbocycles. The van der Waals surface area contributed by atoms with Crippen LogP contribution in [0.5, 0.6) is 0 Å². The van der Waals surface area contributed by atoms with Gasteiger partial charge in [0, 0.05) is 14.1 Å². The first-order valence-corrected chi connectivity index (χ1v) is 8.16. The van der Waals surface area contributed by atoms with E-state index in [4.69, 9.17) is 9.47 Å². The molecule has 150 valence electrons. The summed E-state index contributed by atoms with van der Waals surface area (Å²) >= 11 is 0. The third kappa shape index (κ3) is 9.33. The molecule has 0 rings (SSSR count). The summed E-state index contributed by atoms with van der Waals surface area (Å²) in [6.07, 6.45) is -1.91. The summed E-state index contributed by atoms with van der Waals surface area (Å²) < 4.78 is 11.1. The Hall–Kier alpha value is -2.20. The molecule has 0 atom stereocenters. The highest BCUT2D eigenvalue weighted by atomic mass is 16.6. The number of carbonyl (C=O) groups is 4. The van der Waals surface area contributed by atoms with Crippen LogP contribution >= 0.6 is 0 Å². The number of hydrogen-bond donors (Lipinski definition) is 0.